The summed E-state index contributed by atoms with van der Waals surface area (Å²) in [7, 11) is -3.60. The first kappa shape index (κ1) is 20.1. The molecule has 1 N–H and O–H groups in total. The van der Waals surface area contributed by atoms with Crippen LogP contribution in [0.4, 0.5) is 4.39 Å². The van der Waals surface area contributed by atoms with Gasteiger partial charge in [-0.2, -0.15) is 5.10 Å². The van der Waals surface area contributed by atoms with E-state index in [1.807, 2.05) is 0 Å². The molecule has 0 bridgehead atoms. The number of rotatable bonds is 5. The predicted octanol–water partition coefficient (Wildman–Crippen LogP) is 1.63. The first-order chi connectivity index (χ1) is 13.1. The number of aliphatic hydroxyl groups excluding tert-OH is 1. The van der Waals surface area contributed by atoms with E-state index in [-0.39, 0.29) is 28.0 Å². The average Bonchev–Trinajstić information content (AvgIpc) is 2.65. The van der Waals surface area contributed by atoms with Gasteiger partial charge in [-0.25, -0.2) is 27.5 Å². The fraction of sp³-hybridized carbons (Fsp3) is 0.176. The predicted molar refractivity (Wildman–Crippen MR) is 99.0 cm³/mol. The lowest BCUT2D eigenvalue weighted by atomic mass is 10.1. The summed E-state index contributed by atoms with van der Waals surface area (Å²) in [5.74, 6) is -0.681. The van der Waals surface area contributed by atoms with Gasteiger partial charge in [0.05, 0.1) is 29.6 Å². The number of aliphatic hydroxyl groups is 1. The molecule has 0 aliphatic heterocycles. The van der Waals surface area contributed by atoms with Crippen LogP contribution in [-0.4, -0.2) is 39.5 Å². The van der Waals surface area contributed by atoms with Gasteiger partial charge in [0.15, 0.2) is 0 Å². The first-order valence-corrected chi connectivity index (χ1v) is 10.2. The van der Waals surface area contributed by atoms with Crippen LogP contribution in [0.3, 0.4) is 0 Å². The highest BCUT2D eigenvalue weighted by molar-refractivity contribution is 7.90. The number of halogens is 2. The van der Waals surface area contributed by atoms with Crippen molar-refractivity contribution in [1.82, 2.24) is 19.7 Å². The number of aromatic nitrogens is 4. The number of benzene rings is 1. The Labute approximate surface area is 164 Å². The molecule has 3 aromatic rings. The van der Waals surface area contributed by atoms with Crippen LogP contribution in [0.15, 0.2) is 52.7 Å². The minimum atomic E-state index is -3.60. The van der Waals surface area contributed by atoms with Gasteiger partial charge in [0.25, 0.3) is 5.56 Å². The van der Waals surface area contributed by atoms with Crippen LogP contribution in [0.2, 0.25) is 5.02 Å². The molecule has 0 aliphatic carbocycles. The van der Waals surface area contributed by atoms with Gasteiger partial charge < -0.3 is 5.11 Å². The summed E-state index contributed by atoms with van der Waals surface area (Å²) in [5.41, 5.74) is 0.201. The third-order valence-corrected chi connectivity index (χ3v) is 4.97. The van der Waals surface area contributed by atoms with Crippen LogP contribution in [-0.2, 0) is 16.4 Å². The van der Waals surface area contributed by atoms with E-state index in [1.165, 1.54) is 36.7 Å². The maximum Gasteiger partial charge on any atom is 0.267 e. The molecule has 0 saturated heterocycles. The number of hydrogen-bond acceptors (Lipinski definition) is 7. The number of nitrogens with zero attached hydrogens (tertiary/aromatic N) is 4. The molecule has 146 valence electrons. The molecule has 11 heteroatoms. The normalized spacial score (nSPS) is 12.7. The molecule has 28 heavy (non-hydrogen) atoms. The Balaban J connectivity index is 1.87. The summed E-state index contributed by atoms with van der Waals surface area (Å²) in [6.45, 7) is -0.210. The molecule has 0 radical (unpaired) electrons. The molecular weight excluding hydrogens is 411 g/mol. The molecule has 8 nitrogen and oxygen atoms in total. The Kier molecular flexibility index (Phi) is 5.54. The van der Waals surface area contributed by atoms with Crippen molar-refractivity contribution in [3.63, 3.8) is 0 Å². The lowest BCUT2D eigenvalue weighted by molar-refractivity contribution is 0.149. The molecule has 0 fully saturated rings. The molecule has 1 atom stereocenters. The third-order valence-electron chi connectivity index (χ3n) is 3.80. The summed E-state index contributed by atoms with van der Waals surface area (Å²) in [4.78, 5) is 19.9. The van der Waals surface area contributed by atoms with E-state index in [0.29, 0.717) is 5.56 Å². The van der Waals surface area contributed by atoms with Gasteiger partial charge >= 0.3 is 0 Å². The van der Waals surface area contributed by atoms with Crippen molar-refractivity contribution in [2.75, 3.05) is 6.26 Å². The highest BCUT2D eigenvalue weighted by Gasteiger charge is 2.15. The molecule has 0 amide bonds. The lowest BCUT2D eigenvalue weighted by Gasteiger charge is -2.13. The van der Waals surface area contributed by atoms with Crippen LogP contribution in [0.1, 0.15) is 11.7 Å². The Bertz CT molecular complexity index is 1200. The second kappa shape index (κ2) is 7.74. The second-order valence-electron chi connectivity index (χ2n) is 5.95. The van der Waals surface area contributed by atoms with Crippen molar-refractivity contribution in [1.29, 1.82) is 0 Å². The first-order valence-electron chi connectivity index (χ1n) is 7.89. The van der Waals surface area contributed by atoms with Gasteiger partial charge in [-0.1, -0.05) is 17.7 Å². The maximum absolute atomic E-state index is 13.5. The SMILES string of the molecule is CS(=O)(=O)c1nccc(-c2cnn(CC(O)c3ccc(Cl)c(F)c3)c(=O)c2)n1. The Morgan fingerprint density at radius 1 is 1.29 bits per heavy atom. The Hall–Kier alpha value is -2.69. The minimum absolute atomic E-state index is 0.0751. The summed E-state index contributed by atoms with van der Waals surface area (Å²) >= 11 is 5.61. The third kappa shape index (κ3) is 4.41. The van der Waals surface area contributed by atoms with Crippen molar-refractivity contribution < 1.29 is 17.9 Å². The zero-order chi connectivity index (χ0) is 20.5. The van der Waals surface area contributed by atoms with Crippen molar-refractivity contribution in [3.8, 4) is 11.3 Å². The quantitative estimate of drug-likeness (QED) is 0.619. The van der Waals surface area contributed by atoms with E-state index in [4.69, 9.17) is 11.6 Å². The largest absolute Gasteiger partial charge is 0.386 e. The van der Waals surface area contributed by atoms with Gasteiger partial charge in [-0.3, -0.25) is 4.79 Å². The fourth-order valence-electron chi connectivity index (χ4n) is 2.38. The highest BCUT2D eigenvalue weighted by Crippen LogP contribution is 2.21. The van der Waals surface area contributed by atoms with Gasteiger partial charge in [0, 0.05) is 24.1 Å². The van der Waals surface area contributed by atoms with Crippen molar-refractivity contribution >= 4 is 21.4 Å². The standard InChI is InChI=1S/C17H14ClFN4O4S/c1-28(26,27)17-20-5-4-14(22-17)11-7-16(25)23(21-8-11)9-15(24)10-2-3-12(18)13(19)6-10/h2-8,15,24H,9H2,1H3. The van der Waals surface area contributed by atoms with Crippen LogP contribution in [0, 0.1) is 5.82 Å². The van der Waals surface area contributed by atoms with E-state index in [2.05, 4.69) is 15.1 Å². The molecule has 0 spiro atoms. The van der Waals surface area contributed by atoms with Crippen LogP contribution >= 0.6 is 11.6 Å². The van der Waals surface area contributed by atoms with Gasteiger partial charge in [-0.05, 0) is 23.8 Å². The van der Waals surface area contributed by atoms with Crippen molar-refractivity contribution in [2.24, 2.45) is 0 Å². The van der Waals surface area contributed by atoms with Gasteiger partial charge in [-0.15, -0.1) is 0 Å². The molecule has 2 heterocycles. The fourth-order valence-corrected chi connectivity index (χ4v) is 3.01. The summed E-state index contributed by atoms with van der Waals surface area (Å²) < 4.78 is 37.7. The van der Waals surface area contributed by atoms with Crippen molar-refractivity contribution in [2.45, 2.75) is 17.8 Å². The van der Waals surface area contributed by atoms with Crippen LogP contribution in [0.25, 0.3) is 11.3 Å². The molecule has 1 unspecified atom stereocenters. The van der Waals surface area contributed by atoms with Gasteiger partial charge in [0.2, 0.25) is 15.0 Å². The topological polar surface area (TPSA) is 115 Å². The molecule has 2 aromatic heterocycles. The number of hydrogen-bond donors (Lipinski definition) is 1. The highest BCUT2D eigenvalue weighted by atomic mass is 35.5. The molecule has 0 aliphatic rings. The molecular formula is C17H14ClFN4O4S. The van der Waals surface area contributed by atoms with Crippen LogP contribution < -0.4 is 5.56 Å². The molecule has 1 aromatic carbocycles. The Morgan fingerprint density at radius 3 is 2.68 bits per heavy atom. The Morgan fingerprint density at radius 2 is 2.04 bits per heavy atom. The zero-order valence-electron chi connectivity index (χ0n) is 14.5. The smallest absolute Gasteiger partial charge is 0.267 e. The molecule has 3 rings (SSSR count). The van der Waals surface area contributed by atoms with E-state index >= 15 is 0 Å². The van der Waals surface area contributed by atoms with Crippen LogP contribution in [0.5, 0.6) is 0 Å². The summed E-state index contributed by atoms with van der Waals surface area (Å²) in [5, 5.41) is 13.8. The van der Waals surface area contributed by atoms with E-state index < -0.39 is 27.3 Å². The number of sulfone groups is 1. The lowest BCUT2D eigenvalue weighted by Crippen LogP contribution is -2.25. The monoisotopic (exact) mass is 424 g/mol. The van der Waals surface area contributed by atoms with Gasteiger partial charge in [0.1, 0.15) is 5.82 Å². The van der Waals surface area contributed by atoms with E-state index in [9.17, 15) is 22.7 Å². The van der Waals surface area contributed by atoms with E-state index in [0.717, 1.165) is 17.0 Å². The minimum Gasteiger partial charge on any atom is -0.386 e. The average molecular weight is 425 g/mol. The maximum atomic E-state index is 13.5. The molecule has 0 saturated carbocycles. The van der Waals surface area contributed by atoms with Crippen molar-refractivity contribution in [3.05, 3.63) is 69.5 Å². The zero-order valence-corrected chi connectivity index (χ0v) is 16.0. The summed E-state index contributed by atoms with van der Waals surface area (Å²) in [6, 6.07) is 6.49. The second-order valence-corrected chi connectivity index (χ2v) is 8.27. The van der Waals surface area contributed by atoms with E-state index in [1.54, 1.807) is 0 Å². The summed E-state index contributed by atoms with van der Waals surface area (Å²) in [6.07, 6.45) is 2.37.